The SMILES string of the molecule is C=Cc1cc(C)c(Oc2ccccc2)c(N2CCCC2)c1. The molecule has 1 aliphatic heterocycles. The molecule has 2 aromatic carbocycles. The number of aryl methyl sites for hydroxylation is 1. The lowest BCUT2D eigenvalue weighted by Crippen LogP contribution is -2.18. The topological polar surface area (TPSA) is 12.5 Å². The van der Waals surface area contributed by atoms with Gasteiger partial charge in [-0.2, -0.15) is 0 Å². The fourth-order valence-electron chi connectivity index (χ4n) is 2.83. The van der Waals surface area contributed by atoms with E-state index < -0.39 is 0 Å². The van der Waals surface area contributed by atoms with Crippen LogP contribution in [0.3, 0.4) is 0 Å². The van der Waals surface area contributed by atoms with E-state index in [-0.39, 0.29) is 0 Å². The summed E-state index contributed by atoms with van der Waals surface area (Å²) in [6.45, 7) is 8.20. The Morgan fingerprint density at radius 2 is 1.81 bits per heavy atom. The zero-order valence-corrected chi connectivity index (χ0v) is 12.5. The first-order valence-electron chi connectivity index (χ1n) is 7.53. The Hall–Kier alpha value is -2.22. The van der Waals surface area contributed by atoms with Crippen LogP contribution in [0.15, 0.2) is 49.0 Å². The Balaban J connectivity index is 2.02. The molecule has 1 fully saturated rings. The molecule has 0 atom stereocenters. The predicted molar refractivity (Wildman–Crippen MR) is 89.2 cm³/mol. The Bertz CT molecular complexity index is 628. The molecule has 21 heavy (non-hydrogen) atoms. The van der Waals surface area contributed by atoms with E-state index in [0.29, 0.717) is 0 Å². The highest BCUT2D eigenvalue weighted by Gasteiger charge is 2.19. The molecule has 2 aromatic rings. The number of hydrogen-bond acceptors (Lipinski definition) is 2. The number of benzene rings is 2. The minimum Gasteiger partial charge on any atom is -0.455 e. The van der Waals surface area contributed by atoms with Crippen molar-refractivity contribution in [3.05, 3.63) is 60.2 Å². The molecule has 0 radical (unpaired) electrons. The minimum atomic E-state index is 0.882. The Morgan fingerprint density at radius 3 is 2.48 bits per heavy atom. The maximum atomic E-state index is 6.18. The highest BCUT2D eigenvalue weighted by molar-refractivity contribution is 5.69. The fraction of sp³-hybridized carbons (Fsp3) is 0.263. The normalized spacial score (nSPS) is 14.2. The van der Waals surface area contributed by atoms with Crippen molar-refractivity contribution in [2.24, 2.45) is 0 Å². The summed E-state index contributed by atoms with van der Waals surface area (Å²) in [4.78, 5) is 2.41. The Morgan fingerprint density at radius 1 is 1.10 bits per heavy atom. The van der Waals surface area contributed by atoms with Crippen molar-refractivity contribution in [1.29, 1.82) is 0 Å². The maximum Gasteiger partial charge on any atom is 0.153 e. The van der Waals surface area contributed by atoms with E-state index in [1.165, 1.54) is 18.5 Å². The first kappa shape index (κ1) is 13.7. The summed E-state index contributed by atoms with van der Waals surface area (Å²) in [5.41, 5.74) is 3.49. The summed E-state index contributed by atoms with van der Waals surface area (Å²) in [7, 11) is 0. The van der Waals surface area contributed by atoms with Crippen molar-refractivity contribution in [3.63, 3.8) is 0 Å². The van der Waals surface area contributed by atoms with Gasteiger partial charge in [0.05, 0.1) is 5.69 Å². The highest BCUT2D eigenvalue weighted by Crippen LogP contribution is 2.38. The van der Waals surface area contributed by atoms with Crippen LogP contribution in [0.25, 0.3) is 6.08 Å². The van der Waals surface area contributed by atoms with Gasteiger partial charge in [-0.05, 0) is 55.2 Å². The van der Waals surface area contributed by atoms with E-state index in [1.807, 2.05) is 36.4 Å². The summed E-state index contributed by atoms with van der Waals surface area (Å²) in [5.74, 6) is 1.85. The van der Waals surface area contributed by atoms with Crippen LogP contribution in [0.1, 0.15) is 24.0 Å². The van der Waals surface area contributed by atoms with Crippen LogP contribution >= 0.6 is 0 Å². The molecule has 1 saturated heterocycles. The fourth-order valence-corrected chi connectivity index (χ4v) is 2.83. The van der Waals surface area contributed by atoms with Crippen LogP contribution in [0.5, 0.6) is 11.5 Å². The number of para-hydroxylation sites is 1. The second-order valence-electron chi connectivity index (χ2n) is 5.50. The summed E-state index contributed by atoms with van der Waals surface area (Å²) in [6.07, 6.45) is 4.41. The van der Waals surface area contributed by atoms with Gasteiger partial charge in [-0.15, -0.1) is 0 Å². The highest BCUT2D eigenvalue weighted by atomic mass is 16.5. The number of rotatable bonds is 4. The van der Waals surface area contributed by atoms with Crippen molar-refractivity contribution in [2.75, 3.05) is 18.0 Å². The van der Waals surface area contributed by atoms with Crippen molar-refractivity contribution < 1.29 is 4.74 Å². The number of nitrogens with zero attached hydrogens (tertiary/aromatic N) is 1. The molecule has 1 heterocycles. The Labute approximate surface area is 126 Å². The van der Waals surface area contributed by atoms with Crippen molar-refractivity contribution in [3.8, 4) is 11.5 Å². The van der Waals surface area contributed by atoms with E-state index in [1.54, 1.807) is 0 Å². The standard InChI is InChI=1S/C19H21NO/c1-3-16-13-15(2)19(21-17-9-5-4-6-10-17)18(14-16)20-11-7-8-12-20/h3-6,9-10,13-14H,1,7-8,11-12H2,2H3. The molecular formula is C19H21NO. The van der Waals surface area contributed by atoms with Crippen LogP contribution in [0.4, 0.5) is 5.69 Å². The molecule has 0 amide bonds. The Kier molecular flexibility index (Phi) is 3.96. The predicted octanol–water partition coefficient (Wildman–Crippen LogP) is 5.03. The first-order valence-corrected chi connectivity index (χ1v) is 7.53. The molecule has 0 unspecified atom stereocenters. The molecule has 2 nitrogen and oxygen atoms in total. The summed E-state index contributed by atoms with van der Waals surface area (Å²) in [5, 5.41) is 0. The summed E-state index contributed by atoms with van der Waals surface area (Å²) >= 11 is 0. The maximum absolute atomic E-state index is 6.18. The lowest BCUT2D eigenvalue weighted by atomic mass is 10.1. The molecule has 0 bridgehead atoms. The van der Waals surface area contributed by atoms with E-state index >= 15 is 0 Å². The summed E-state index contributed by atoms with van der Waals surface area (Å²) < 4.78 is 6.18. The van der Waals surface area contributed by atoms with Gasteiger partial charge in [-0.1, -0.05) is 30.9 Å². The largest absolute Gasteiger partial charge is 0.455 e. The van der Waals surface area contributed by atoms with E-state index in [0.717, 1.165) is 35.7 Å². The van der Waals surface area contributed by atoms with Gasteiger partial charge in [0.2, 0.25) is 0 Å². The van der Waals surface area contributed by atoms with E-state index in [4.69, 9.17) is 4.74 Å². The van der Waals surface area contributed by atoms with Crippen LogP contribution in [0, 0.1) is 6.92 Å². The van der Waals surface area contributed by atoms with Gasteiger partial charge < -0.3 is 9.64 Å². The zero-order valence-electron chi connectivity index (χ0n) is 12.5. The number of hydrogen-bond donors (Lipinski definition) is 0. The molecule has 0 saturated carbocycles. The number of ether oxygens (including phenoxy) is 1. The molecule has 0 aliphatic carbocycles. The molecule has 108 valence electrons. The number of anilines is 1. The van der Waals surface area contributed by atoms with Crippen LogP contribution < -0.4 is 9.64 Å². The second kappa shape index (κ2) is 6.04. The van der Waals surface area contributed by atoms with E-state index in [2.05, 4.69) is 30.5 Å². The van der Waals surface area contributed by atoms with Gasteiger partial charge in [-0.25, -0.2) is 0 Å². The van der Waals surface area contributed by atoms with E-state index in [9.17, 15) is 0 Å². The molecule has 0 aromatic heterocycles. The molecule has 3 rings (SSSR count). The smallest absolute Gasteiger partial charge is 0.153 e. The zero-order chi connectivity index (χ0) is 14.7. The minimum absolute atomic E-state index is 0.882. The summed E-state index contributed by atoms with van der Waals surface area (Å²) in [6, 6.07) is 14.3. The van der Waals surface area contributed by atoms with Gasteiger partial charge in [0.1, 0.15) is 5.75 Å². The van der Waals surface area contributed by atoms with Crippen LogP contribution in [-0.4, -0.2) is 13.1 Å². The third-order valence-electron chi connectivity index (χ3n) is 3.92. The first-order chi connectivity index (χ1) is 10.3. The van der Waals surface area contributed by atoms with Crippen LogP contribution in [0.2, 0.25) is 0 Å². The van der Waals surface area contributed by atoms with Gasteiger partial charge in [0.25, 0.3) is 0 Å². The monoisotopic (exact) mass is 279 g/mol. The van der Waals surface area contributed by atoms with Gasteiger partial charge in [0.15, 0.2) is 5.75 Å². The van der Waals surface area contributed by atoms with Crippen molar-refractivity contribution in [2.45, 2.75) is 19.8 Å². The van der Waals surface area contributed by atoms with Gasteiger partial charge in [-0.3, -0.25) is 0 Å². The average molecular weight is 279 g/mol. The lowest BCUT2D eigenvalue weighted by Gasteiger charge is -2.23. The van der Waals surface area contributed by atoms with Crippen molar-refractivity contribution >= 4 is 11.8 Å². The molecule has 0 spiro atoms. The molecule has 2 heteroatoms. The van der Waals surface area contributed by atoms with Gasteiger partial charge in [0, 0.05) is 13.1 Å². The average Bonchev–Trinajstić information content (AvgIpc) is 3.04. The third kappa shape index (κ3) is 2.94. The second-order valence-corrected chi connectivity index (χ2v) is 5.50. The quantitative estimate of drug-likeness (QED) is 0.778. The molecular weight excluding hydrogens is 258 g/mol. The molecule has 1 aliphatic rings. The van der Waals surface area contributed by atoms with Gasteiger partial charge >= 0.3 is 0 Å². The third-order valence-corrected chi connectivity index (χ3v) is 3.92. The molecule has 0 N–H and O–H groups in total. The van der Waals surface area contributed by atoms with Crippen molar-refractivity contribution in [1.82, 2.24) is 0 Å². The van der Waals surface area contributed by atoms with Crippen LogP contribution in [-0.2, 0) is 0 Å². The lowest BCUT2D eigenvalue weighted by molar-refractivity contribution is 0.478.